The Bertz CT molecular complexity index is 433. The first-order valence-corrected chi connectivity index (χ1v) is 5.98. The second-order valence-corrected chi connectivity index (χ2v) is 4.63. The minimum absolute atomic E-state index is 0.165. The number of aliphatic hydroxyl groups is 2. The average Bonchev–Trinajstić information content (AvgIpc) is 2.31. The summed E-state index contributed by atoms with van der Waals surface area (Å²) in [6.07, 6.45) is -1.71. The smallest absolute Gasteiger partial charge is 0.106 e. The molecule has 6 heteroatoms. The van der Waals surface area contributed by atoms with Crippen molar-refractivity contribution in [2.45, 2.75) is 25.6 Å². The van der Waals surface area contributed by atoms with Crippen LogP contribution in [0.15, 0.2) is 27.8 Å². The van der Waals surface area contributed by atoms with Crippen molar-refractivity contribution in [2.75, 3.05) is 6.54 Å². The highest BCUT2D eigenvalue weighted by molar-refractivity contribution is 9.10. The van der Waals surface area contributed by atoms with Gasteiger partial charge in [0, 0.05) is 15.9 Å². The molecule has 5 nitrogen and oxygen atoms in total. The third kappa shape index (κ3) is 4.02. The molecule has 2 atom stereocenters. The third-order valence-electron chi connectivity index (χ3n) is 2.42. The monoisotopic (exact) mass is 299 g/mol. The lowest BCUT2D eigenvalue weighted by atomic mass is 10.0. The Hall–Kier alpha value is -1.07. The molecule has 0 aromatic heterocycles. The number of rotatable bonds is 5. The Kier molecular flexibility index (Phi) is 5.44. The number of benzene rings is 1. The van der Waals surface area contributed by atoms with E-state index in [0.717, 1.165) is 10.0 Å². The van der Waals surface area contributed by atoms with Crippen LogP contribution in [0.2, 0.25) is 0 Å². The summed E-state index contributed by atoms with van der Waals surface area (Å²) >= 11 is 3.33. The average molecular weight is 300 g/mol. The molecule has 0 heterocycles. The zero-order valence-electron chi connectivity index (χ0n) is 9.41. The number of halogens is 1. The van der Waals surface area contributed by atoms with Gasteiger partial charge in [-0.3, -0.25) is 0 Å². The Balaban J connectivity index is 2.76. The van der Waals surface area contributed by atoms with Gasteiger partial charge in [0.1, 0.15) is 6.10 Å². The van der Waals surface area contributed by atoms with Gasteiger partial charge in [-0.05, 0) is 30.5 Å². The normalized spacial score (nSPS) is 13.9. The second kappa shape index (κ2) is 6.61. The Labute approximate surface area is 108 Å². The van der Waals surface area contributed by atoms with Crippen LogP contribution in [0.3, 0.4) is 0 Å². The standard InChI is InChI=1S/C11H14BrN3O2/c1-7-2-3-9(12)8(6-7)11(17)10(16)4-5-14-15-13/h2-3,6,10-11,16-17H,4-5H2,1H3. The predicted molar refractivity (Wildman–Crippen MR) is 68.5 cm³/mol. The maximum atomic E-state index is 9.98. The largest absolute Gasteiger partial charge is 0.390 e. The van der Waals surface area contributed by atoms with Gasteiger partial charge in [-0.15, -0.1) is 0 Å². The second-order valence-electron chi connectivity index (χ2n) is 3.78. The summed E-state index contributed by atoms with van der Waals surface area (Å²) in [5.41, 5.74) is 9.76. The molecule has 0 fully saturated rings. The van der Waals surface area contributed by atoms with Crippen LogP contribution in [-0.2, 0) is 0 Å². The number of nitrogens with zero attached hydrogens (tertiary/aromatic N) is 3. The zero-order chi connectivity index (χ0) is 12.8. The van der Waals surface area contributed by atoms with Gasteiger partial charge in [0.25, 0.3) is 0 Å². The SMILES string of the molecule is Cc1ccc(Br)c(C(O)C(O)CCN=[N+]=[N-])c1. The molecule has 2 N–H and O–H groups in total. The molecule has 1 aromatic rings. The highest BCUT2D eigenvalue weighted by atomic mass is 79.9. The van der Waals surface area contributed by atoms with Gasteiger partial charge in [0.05, 0.1) is 6.10 Å². The topological polar surface area (TPSA) is 89.2 Å². The lowest BCUT2D eigenvalue weighted by molar-refractivity contribution is 0.0146. The highest BCUT2D eigenvalue weighted by Gasteiger charge is 2.20. The summed E-state index contributed by atoms with van der Waals surface area (Å²) < 4.78 is 0.749. The molecular weight excluding hydrogens is 286 g/mol. The predicted octanol–water partition coefficient (Wildman–Crippen LogP) is 2.85. The van der Waals surface area contributed by atoms with Crippen LogP contribution in [0.1, 0.15) is 23.7 Å². The highest BCUT2D eigenvalue weighted by Crippen LogP contribution is 2.27. The fraction of sp³-hybridized carbons (Fsp3) is 0.455. The molecule has 0 aliphatic rings. The van der Waals surface area contributed by atoms with Crippen molar-refractivity contribution in [3.8, 4) is 0 Å². The van der Waals surface area contributed by atoms with Crippen molar-refractivity contribution in [3.63, 3.8) is 0 Å². The number of hydrogen-bond acceptors (Lipinski definition) is 3. The molecule has 1 rings (SSSR count). The van der Waals surface area contributed by atoms with Gasteiger partial charge in [-0.1, -0.05) is 38.7 Å². The van der Waals surface area contributed by atoms with Crippen LogP contribution in [0.4, 0.5) is 0 Å². The first-order chi connectivity index (χ1) is 8.06. The number of azide groups is 1. The summed E-state index contributed by atoms with van der Waals surface area (Å²) in [5.74, 6) is 0. The molecule has 0 aliphatic heterocycles. The molecular formula is C11H14BrN3O2. The van der Waals surface area contributed by atoms with Crippen LogP contribution in [0.5, 0.6) is 0 Å². The molecule has 0 saturated carbocycles. The maximum Gasteiger partial charge on any atom is 0.106 e. The van der Waals surface area contributed by atoms with Crippen LogP contribution in [0, 0.1) is 6.92 Å². The molecule has 0 spiro atoms. The van der Waals surface area contributed by atoms with Crippen molar-refractivity contribution < 1.29 is 10.2 Å². The van der Waals surface area contributed by atoms with E-state index < -0.39 is 12.2 Å². The van der Waals surface area contributed by atoms with E-state index in [1.54, 1.807) is 0 Å². The van der Waals surface area contributed by atoms with E-state index in [4.69, 9.17) is 5.53 Å². The first kappa shape index (κ1) is 14.0. The van der Waals surface area contributed by atoms with E-state index in [1.807, 2.05) is 25.1 Å². The molecule has 0 radical (unpaired) electrons. The number of aliphatic hydroxyl groups excluding tert-OH is 2. The molecule has 0 amide bonds. The molecule has 0 saturated heterocycles. The molecule has 1 aromatic carbocycles. The quantitative estimate of drug-likeness (QED) is 0.497. The third-order valence-corrected chi connectivity index (χ3v) is 3.14. The van der Waals surface area contributed by atoms with Gasteiger partial charge in [0.2, 0.25) is 0 Å². The molecule has 0 aliphatic carbocycles. The minimum atomic E-state index is -0.988. The van der Waals surface area contributed by atoms with Gasteiger partial charge in [0.15, 0.2) is 0 Å². The summed E-state index contributed by atoms with van der Waals surface area (Å²) in [6, 6.07) is 5.55. The van der Waals surface area contributed by atoms with Crippen molar-refractivity contribution in [3.05, 3.63) is 44.2 Å². The Morgan fingerprint density at radius 2 is 2.18 bits per heavy atom. The van der Waals surface area contributed by atoms with Gasteiger partial charge in [-0.25, -0.2) is 0 Å². The fourth-order valence-electron chi connectivity index (χ4n) is 1.49. The van der Waals surface area contributed by atoms with E-state index in [9.17, 15) is 10.2 Å². The van der Waals surface area contributed by atoms with Crippen LogP contribution in [-0.4, -0.2) is 22.9 Å². The Morgan fingerprint density at radius 3 is 2.82 bits per heavy atom. The summed E-state index contributed by atoms with van der Waals surface area (Å²) in [5, 5.41) is 23.1. The summed E-state index contributed by atoms with van der Waals surface area (Å²) in [7, 11) is 0. The number of hydrogen-bond donors (Lipinski definition) is 2. The van der Waals surface area contributed by atoms with Gasteiger partial charge < -0.3 is 10.2 Å². The molecule has 92 valence electrons. The van der Waals surface area contributed by atoms with Crippen LogP contribution < -0.4 is 0 Å². The first-order valence-electron chi connectivity index (χ1n) is 5.19. The van der Waals surface area contributed by atoms with E-state index in [0.29, 0.717) is 5.56 Å². The lowest BCUT2D eigenvalue weighted by Gasteiger charge is -2.19. The van der Waals surface area contributed by atoms with Crippen molar-refractivity contribution >= 4 is 15.9 Å². The van der Waals surface area contributed by atoms with Gasteiger partial charge in [-0.2, -0.15) is 0 Å². The van der Waals surface area contributed by atoms with Crippen LogP contribution in [0.25, 0.3) is 10.4 Å². The molecule has 2 unspecified atom stereocenters. The maximum absolute atomic E-state index is 9.98. The van der Waals surface area contributed by atoms with E-state index >= 15 is 0 Å². The summed E-state index contributed by atoms with van der Waals surface area (Å²) in [6.45, 7) is 2.08. The van der Waals surface area contributed by atoms with E-state index in [-0.39, 0.29) is 13.0 Å². The van der Waals surface area contributed by atoms with E-state index in [1.165, 1.54) is 0 Å². The summed E-state index contributed by atoms with van der Waals surface area (Å²) in [4.78, 5) is 2.59. The van der Waals surface area contributed by atoms with Crippen molar-refractivity contribution in [1.82, 2.24) is 0 Å². The molecule has 17 heavy (non-hydrogen) atoms. The molecule has 0 bridgehead atoms. The number of aryl methyl sites for hydroxylation is 1. The van der Waals surface area contributed by atoms with Gasteiger partial charge >= 0.3 is 0 Å². The van der Waals surface area contributed by atoms with E-state index in [2.05, 4.69) is 26.0 Å². The fourth-order valence-corrected chi connectivity index (χ4v) is 1.97. The lowest BCUT2D eigenvalue weighted by Crippen LogP contribution is -2.19. The Morgan fingerprint density at radius 1 is 1.47 bits per heavy atom. The zero-order valence-corrected chi connectivity index (χ0v) is 11.0. The van der Waals surface area contributed by atoms with Crippen molar-refractivity contribution in [2.24, 2.45) is 5.11 Å². The minimum Gasteiger partial charge on any atom is -0.390 e. The van der Waals surface area contributed by atoms with Crippen LogP contribution >= 0.6 is 15.9 Å². The van der Waals surface area contributed by atoms with Crippen molar-refractivity contribution in [1.29, 1.82) is 0 Å².